The van der Waals surface area contributed by atoms with Crippen molar-refractivity contribution in [1.82, 2.24) is 24.6 Å². The average molecular weight is 465 g/mol. The number of nitrogens with one attached hydrogen (secondary N) is 1. The van der Waals surface area contributed by atoms with Gasteiger partial charge in [-0.1, -0.05) is 0 Å². The Bertz CT molecular complexity index is 1020. The highest BCUT2D eigenvalue weighted by atomic mass is 35.5. The Morgan fingerprint density at radius 2 is 2.33 bits per heavy atom. The summed E-state index contributed by atoms with van der Waals surface area (Å²) < 4.78 is 50.7. The standard InChI is InChI=1S/C15H19ClFN6O6P/c1-3-26-14(24)6(2)22-30(25)27-4-7-10(29-30)8(17)13(28-7)23-5-19-9-11(18)20-15(16)21-12(9)23/h5-8,10,13H,3-4H2,1-2H3,(H,22,25)(H2,18,20,21)/t6-,7?,8-,10+,13+,30?/m0/s1. The van der Waals surface area contributed by atoms with E-state index in [9.17, 15) is 9.36 Å². The van der Waals surface area contributed by atoms with Crippen LogP contribution in [0.15, 0.2) is 6.33 Å². The molecule has 3 N–H and O–H groups in total. The van der Waals surface area contributed by atoms with E-state index in [1.165, 1.54) is 17.8 Å². The molecule has 15 heteroatoms. The first-order chi connectivity index (χ1) is 14.2. The number of nitrogen functional groups attached to an aromatic ring is 1. The van der Waals surface area contributed by atoms with E-state index in [-0.39, 0.29) is 35.5 Å². The molecule has 0 aromatic carbocycles. The summed E-state index contributed by atoms with van der Waals surface area (Å²) in [4.78, 5) is 23.7. The molecule has 12 nitrogen and oxygen atoms in total. The number of hydrogen-bond acceptors (Lipinski definition) is 10. The van der Waals surface area contributed by atoms with Crippen LogP contribution in [0.1, 0.15) is 20.1 Å². The minimum atomic E-state index is -3.98. The van der Waals surface area contributed by atoms with E-state index in [4.69, 9.17) is 35.9 Å². The van der Waals surface area contributed by atoms with Crippen molar-refractivity contribution in [3.8, 4) is 0 Å². The maximum Gasteiger partial charge on any atom is 0.406 e. The fourth-order valence-electron chi connectivity index (χ4n) is 3.26. The Labute approximate surface area is 174 Å². The molecule has 0 bridgehead atoms. The molecule has 0 radical (unpaired) electrons. The fourth-order valence-corrected chi connectivity index (χ4v) is 5.12. The van der Waals surface area contributed by atoms with Gasteiger partial charge in [0.05, 0.1) is 19.5 Å². The highest BCUT2D eigenvalue weighted by Crippen LogP contribution is 2.54. The van der Waals surface area contributed by atoms with E-state index in [0.29, 0.717) is 0 Å². The number of carbonyl (C=O) groups is 1. The van der Waals surface area contributed by atoms with Crippen molar-refractivity contribution in [1.29, 1.82) is 0 Å². The second-order valence-electron chi connectivity index (χ2n) is 6.68. The second-order valence-corrected chi connectivity index (χ2v) is 8.74. The van der Waals surface area contributed by atoms with Gasteiger partial charge in [-0.25, -0.2) is 19.0 Å². The molecule has 0 aliphatic carbocycles. The first kappa shape index (κ1) is 21.3. The van der Waals surface area contributed by atoms with E-state index >= 15 is 4.39 Å². The Balaban J connectivity index is 1.54. The van der Waals surface area contributed by atoms with Crippen LogP contribution in [-0.2, 0) is 27.9 Å². The molecule has 2 unspecified atom stereocenters. The van der Waals surface area contributed by atoms with Gasteiger partial charge in [0.2, 0.25) is 5.28 Å². The zero-order chi connectivity index (χ0) is 21.6. The minimum absolute atomic E-state index is 0.0378. The summed E-state index contributed by atoms with van der Waals surface area (Å²) in [6.45, 7) is 3.01. The Morgan fingerprint density at radius 1 is 1.57 bits per heavy atom. The van der Waals surface area contributed by atoms with E-state index in [1.807, 2.05) is 0 Å². The SMILES string of the molecule is CCOC(=O)[C@H](C)NP1(=O)OCC2O[C@@H](n3cnc4c(N)nc(Cl)nc43)[C@@H](F)[C@@H]2O1. The van der Waals surface area contributed by atoms with Crippen LogP contribution in [0.3, 0.4) is 0 Å². The highest BCUT2D eigenvalue weighted by Gasteiger charge is 2.54. The summed E-state index contributed by atoms with van der Waals surface area (Å²) >= 11 is 5.85. The quantitative estimate of drug-likeness (QED) is 0.374. The van der Waals surface area contributed by atoms with Crippen LogP contribution in [-0.4, -0.2) is 63.1 Å². The number of fused-ring (bicyclic) bond motifs is 2. The lowest BCUT2D eigenvalue weighted by atomic mass is 10.1. The molecule has 2 aliphatic heterocycles. The molecule has 2 saturated heterocycles. The molecular weight excluding hydrogens is 446 g/mol. The summed E-state index contributed by atoms with van der Waals surface area (Å²) in [7, 11) is -3.98. The zero-order valence-corrected chi connectivity index (χ0v) is 17.5. The molecule has 164 valence electrons. The van der Waals surface area contributed by atoms with Crippen LogP contribution < -0.4 is 10.8 Å². The Hall–Kier alpha value is -1.89. The van der Waals surface area contributed by atoms with Crippen LogP contribution in [0.4, 0.5) is 10.2 Å². The van der Waals surface area contributed by atoms with Crippen molar-refractivity contribution >= 4 is 42.3 Å². The van der Waals surface area contributed by atoms with Gasteiger partial charge in [0.25, 0.3) is 0 Å². The van der Waals surface area contributed by atoms with E-state index in [1.54, 1.807) is 6.92 Å². The van der Waals surface area contributed by atoms with Crippen molar-refractivity contribution < 1.29 is 32.3 Å². The van der Waals surface area contributed by atoms with Crippen molar-refractivity contribution in [3.05, 3.63) is 11.6 Å². The van der Waals surface area contributed by atoms with Gasteiger partial charge in [-0.05, 0) is 25.4 Å². The lowest BCUT2D eigenvalue weighted by Gasteiger charge is -2.32. The van der Waals surface area contributed by atoms with Gasteiger partial charge in [-0.2, -0.15) is 9.97 Å². The van der Waals surface area contributed by atoms with E-state index in [0.717, 1.165) is 0 Å². The second kappa shape index (κ2) is 7.98. The van der Waals surface area contributed by atoms with Crippen LogP contribution in [0.25, 0.3) is 11.2 Å². The molecule has 6 atom stereocenters. The van der Waals surface area contributed by atoms with Crippen LogP contribution in [0.2, 0.25) is 5.28 Å². The topological polar surface area (TPSA) is 153 Å². The molecular formula is C15H19ClFN6O6P. The summed E-state index contributed by atoms with van der Waals surface area (Å²) in [5.74, 6) is -0.603. The van der Waals surface area contributed by atoms with Gasteiger partial charge < -0.3 is 15.2 Å². The predicted octanol–water partition coefficient (Wildman–Crippen LogP) is 1.36. The fraction of sp³-hybridized carbons (Fsp3) is 0.600. The molecule has 0 spiro atoms. The van der Waals surface area contributed by atoms with Crippen molar-refractivity contribution in [2.75, 3.05) is 18.9 Å². The third kappa shape index (κ3) is 3.77. The molecule has 30 heavy (non-hydrogen) atoms. The van der Waals surface area contributed by atoms with Gasteiger partial charge >= 0.3 is 13.7 Å². The van der Waals surface area contributed by atoms with Crippen molar-refractivity contribution in [2.45, 2.75) is 44.5 Å². The van der Waals surface area contributed by atoms with Gasteiger partial charge in [0.1, 0.15) is 23.8 Å². The largest absolute Gasteiger partial charge is 0.465 e. The molecule has 2 fully saturated rings. The first-order valence-electron chi connectivity index (χ1n) is 9.05. The zero-order valence-electron chi connectivity index (χ0n) is 15.9. The number of aromatic nitrogens is 4. The number of nitrogens with two attached hydrogens (primary N) is 1. The Kier molecular flexibility index (Phi) is 5.68. The number of nitrogens with zero attached hydrogens (tertiary/aromatic N) is 4. The van der Waals surface area contributed by atoms with Gasteiger partial charge in [0.15, 0.2) is 23.9 Å². The maximum absolute atomic E-state index is 15.3. The lowest BCUT2D eigenvalue weighted by Crippen LogP contribution is -2.43. The van der Waals surface area contributed by atoms with E-state index < -0.39 is 44.4 Å². The molecule has 2 aromatic rings. The number of halogens is 2. The summed E-state index contributed by atoms with van der Waals surface area (Å²) in [6.07, 6.45) is -3.72. The number of anilines is 1. The molecule has 2 aromatic heterocycles. The number of carbonyl (C=O) groups excluding carboxylic acids is 1. The number of alkyl halides is 1. The minimum Gasteiger partial charge on any atom is -0.465 e. The summed E-state index contributed by atoms with van der Waals surface area (Å²) in [5.41, 5.74) is 6.19. The maximum atomic E-state index is 15.3. The van der Waals surface area contributed by atoms with Crippen LogP contribution >= 0.6 is 19.3 Å². The van der Waals surface area contributed by atoms with Gasteiger partial charge in [-0.15, -0.1) is 0 Å². The molecule has 4 rings (SSSR count). The summed E-state index contributed by atoms with van der Waals surface area (Å²) in [5, 5.41) is 2.32. The smallest absolute Gasteiger partial charge is 0.406 e. The first-order valence-corrected chi connectivity index (χ1v) is 11.0. The molecule has 2 aliphatic rings. The number of rotatable bonds is 5. The third-order valence-corrected chi connectivity index (χ3v) is 6.51. The molecule has 4 heterocycles. The molecule has 0 saturated carbocycles. The third-order valence-electron chi connectivity index (χ3n) is 4.62. The number of ether oxygens (including phenoxy) is 2. The van der Waals surface area contributed by atoms with Crippen molar-refractivity contribution in [3.63, 3.8) is 0 Å². The average Bonchev–Trinajstić information content (AvgIpc) is 3.23. The number of esters is 1. The highest BCUT2D eigenvalue weighted by molar-refractivity contribution is 7.51. The Morgan fingerprint density at radius 3 is 3.07 bits per heavy atom. The number of imidazole rings is 1. The van der Waals surface area contributed by atoms with Crippen LogP contribution in [0, 0.1) is 0 Å². The van der Waals surface area contributed by atoms with Gasteiger partial charge in [-0.3, -0.25) is 18.4 Å². The van der Waals surface area contributed by atoms with Crippen LogP contribution in [0.5, 0.6) is 0 Å². The predicted molar refractivity (Wildman–Crippen MR) is 101 cm³/mol. The molecule has 0 amide bonds. The lowest BCUT2D eigenvalue weighted by molar-refractivity contribution is -0.144. The monoisotopic (exact) mass is 464 g/mol. The summed E-state index contributed by atoms with van der Waals surface area (Å²) in [6, 6.07) is -0.983. The normalized spacial score (nSPS) is 32.1. The van der Waals surface area contributed by atoms with E-state index in [2.05, 4.69) is 20.0 Å². The van der Waals surface area contributed by atoms with Crippen molar-refractivity contribution in [2.24, 2.45) is 0 Å². The van der Waals surface area contributed by atoms with Gasteiger partial charge in [0, 0.05) is 0 Å². The number of hydrogen-bond donors (Lipinski definition) is 2.